The molecule has 1 aliphatic heterocycles. The van der Waals surface area contributed by atoms with Crippen LogP contribution in [0.1, 0.15) is 29.1 Å². The van der Waals surface area contributed by atoms with Gasteiger partial charge in [0.15, 0.2) is 0 Å². The largest absolute Gasteiger partial charge is 0.317 e. The zero-order valence-electron chi connectivity index (χ0n) is 12.3. The number of aryl methyl sites for hydroxylation is 1. The Kier molecular flexibility index (Phi) is 4.17. The zero-order chi connectivity index (χ0) is 14.7. The molecule has 0 atom stereocenters. The van der Waals surface area contributed by atoms with E-state index in [0.717, 1.165) is 42.2 Å². The molecule has 0 aliphatic carbocycles. The number of hydrogen-bond acceptors (Lipinski definition) is 4. The van der Waals surface area contributed by atoms with E-state index >= 15 is 0 Å². The van der Waals surface area contributed by atoms with Crippen molar-refractivity contribution in [1.29, 1.82) is 0 Å². The van der Waals surface area contributed by atoms with Gasteiger partial charge in [0, 0.05) is 5.38 Å². The van der Waals surface area contributed by atoms with Gasteiger partial charge in [-0.2, -0.15) is 0 Å². The molecule has 110 valence electrons. The SMILES string of the molecule is Cc1nc(CC(=O)C2(c3ccccc3)CCNCC2)cs1. The van der Waals surface area contributed by atoms with Crippen LogP contribution in [0, 0.1) is 6.92 Å². The monoisotopic (exact) mass is 300 g/mol. The molecule has 1 aliphatic rings. The highest BCUT2D eigenvalue weighted by Crippen LogP contribution is 2.35. The van der Waals surface area contributed by atoms with Crippen LogP contribution < -0.4 is 5.32 Å². The Morgan fingerprint density at radius 3 is 2.62 bits per heavy atom. The third-order valence-corrected chi connectivity index (χ3v) is 5.15. The number of carbonyl (C=O) groups excluding carboxylic acids is 1. The molecule has 0 spiro atoms. The third-order valence-electron chi connectivity index (χ3n) is 4.33. The van der Waals surface area contributed by atoms with Crippen molar-refractivity contribution in [2.75, 3.05) is 13.1 Å². The van der Waals surface area contributed by atoms with Crippen molar-refractivity contribution in [3.63, 3.8) is 0 Å². The second-order valence-electron chi connectivity index (χ2n) is 5.66. The first-order chi connectivity index (χ1) is 10.2. The number of hydrogen-bond donors (Lipinski definition) is 1. The van der Waals surface area contributed by atoms with E-state index in [4.69, 9.17) is 0 Å². The fraction of sp³-hybridized carbons (Fsp3) is 0.412. The molecule has 1 saturated heterocycles. The van der Waals surface area contributed by atoms with E-state index in [1.165, 1.54) is 0 Å². The van der Waals surface area contributed by atoms with Crippen LogP contribution in [0.2, 0.25) is 0 Å². The normalized spacial score (nSPS) is 17.6. The molecule has 1 N–H and O–H groups in total. The van der Waals surface area contributed by atoms with Crippen molar-refractivity contribution in [2.45, 2.75) is 31.6 Å². The number of piperidine rings is 1. The summed E-state index contributed by atoms with van der Waals surface area (Å²) >= 11 is 1.61. The lowest BCUT2D eigenvalue weighted by atomic mass is 9.69. The van der Waals surface area contributed by atoms with Crippen molar-refractivity contribution in [3.05, 3.63) is 52.0 Å². The molecule has 1 aromatic heterocycles. The Morgan fingerprint density at radius 2 is 2.00 bits per heavy atom. The van der Waals surface area contributed by atoms with Crippen LogP contribution in [0.3, 0.4) is 0 Å². The van der Waals surface area contributed by atoms with E-state index in [1.807, 2.05) is 30.5 Å². The Hall–Kier alpha value is -1.52. The average molecular weight is 300 g/mol. The molecule has 0 radical (unpaired) electrons. The average Bonchev–Trinajstić information content (AvgIpc) is 2.94. The molecule has 0 saturated carbocycles. The zero-order valence-corrected chi connectivity index (χ0v) is 13.1. The maximum Gasteiger partial charge on any atom is 0.149 e. The summed E-state index contributed by atoms with van der Waals surface area (Å²) in [6, 6.07) is 10.2. The van der Waals surface area contributed by atoms with Gasteiger partial charge < -0.3 is 5.32 Å². The summed E-state index contributed by atoms with van der Waals surface area (Å²) in [5.74, 6) is 0.306. The second kappa shape index (κ2) is 6.08. The maximum atomic E-state index is 13.0. The third kappa shape index (κ3) is 2.92. The summed E-state index contributed by atoms with van der Waals surface area (Å²) in [7, 11) is 0. The minimum Gasteiger partial charge on any atom is -0.317 e. The predicted molar refractivity (Wildman–Crippen MR) is 85.8 cm³/mol. The molecule has 4 heteroatoms. The maximum absolute atomic E-state index is 13.0. The van der Waals surface area contributed by atoms with E-state index in [0.29, 0.717) is 12.2 Å². The number of rotatable bonds is 4. The standard InChI is InChI=1S/C17H20N2OS/c1-13-19-15(12-21-13)11-16(20)17(7-9-18-10-8-17)14-5-3-2-4-6-14/h2-6,12,18H,7-11H2,1H3. The van der Waals surface area contributed by atoms with Crippen molar-refractivity contribution in [3.8, 4) is 0 Å². The number of Topliss-reactive ketones (excluding diaryl/α,β-unsaturated/α-hetero) is 1. The number of aromatic nitrogens is 1. The van der Waals surface area contributed by atoms with Crippen LogP contribution in [0.25, 0.3) is 0 Å². The highest BCUT2D eigenvalue weighted by molar-refractivity contribution is 7.09. The molecule has 1 aromatic carbocycles. The van der Waals surface area contributed by atoms with Gasteiger partial charge in [0.05, 0.1) is 22.5 Å². The lowest BCUT2D eigenvalue weighted by molar-refractivity contribution is -0.125. The smallest absolute Gasteiger partial charge is 0.149 e. The fourth-order valence-electron chi connectivity index (χ4n) is 3.16. The second-order valence-corrected chi connectivity index (χ2v) is 6.72. The van der Waals surface area contributed by atoms with Crippen LogP contribution in [-0.2, 0) is 16.6 Å². The summed E-state index contributed by atoms with van der Waals surface area (Å²) in [6.45, 7) is 3.78. The van der Waals surface area contributed by atoms with E-state index in [1.54, 1.807) is 11.3 Å². The van der Waals surface area contributed by atoms with Gasteiger partial charge in [-0.25, -0.2) is 4.98 Å². The Bertz CT molecular complexity index is 615. The molecule has 3 nitrogen and oxygen atoms in total. The number of thiazole rings is 1. The van der Waals surface area contributed by atoms with Gasteiger partial charge in [-0.3, -0.25) is 4.79 Å². The van der Waals surface area contributed by atoms with Gasteiger partial charge in [-0.1, -0.05) is 30.3 Å². The molecule has 1 fully saturated rings. The van der Waals surface area contributed by atoms with Gasteiger partial charge >= 0.3 is 0 Å². The summed E-state index contributed by atoms with van der Waals surface area (Å²) in [5.41, 5.74) is 1.73. The first-order valence-electron chi connectivity index (χ1n) is 7.41. The highest BCUT2D eigenvalue weighted by atomic mass is 32.1. The summed E-state index contributed by atoms with van der Waals surface area (Å²) < 4.78 is 0. The van der Waals surface area contributed by atoms with Gasteiger partial charge in [0.1, 0.15) is 5.78 Å². The van der Waals surface area contributed by atoms with Crippen LogP contribution in [-0.4, -0.2) is 23.9 Å². The lowest BCUT2D eigenvalue weighted by Crippen LogP contribution is -2.46. The van der Waals surface area contributed by atoms with E-state index in [9.17, 15) is 4.79 Å². The number of benzene rings is 1. The number of ketones is 1. The van der Waals surface area contributed by atoms with Crippen molar-refractivity contribution in [2.24, 2.45) is 0 Å². The summed E-state index contributed by atoms with van der Waals surface area (Å²) in [6.07, 6.45) is 2.19. The van der Waals surface area contributed by atoms with Crippen LogP contribution >= 0.6 is 11.3 Å². The quantitative estimate of drug-likeness (QED) is 0.944. The van der Waals surface area contributed by atoms with Gasteiger partial charge in [-0.15, -0.1) is 11.3 Å². The summed E-state index contributed by atoms with van der Waals surface area (Å²) in [4.78, 5) is 17.5. The molecular formula is C17H20N2OS. The lowest BCUT2D eigenvalue weighted by Gasteiger charge is -2.36. The Labute approximate surface area is 129 Å². The molecule has 0 bridgehead atoms. The van der Waals surface area contributed by atoms with Crippen molar-refractivity contribution in [1.82, 2.24) is 10.3 Å². The van der Waals surface area contributed by atoms with E-state index in [-0.39, 0.29) is 5.41 Å². The first kappa shape index (κ1) is 14.4. The topological polar surface area (TPSA) is 42.0 Å². The molecule has 0 amide bonds. The van der Waals surface area contributed by atoms with Crippen LogP contribution in [0.5, 0.6) is 0 Å². The number of nitrogens with zero attached hydrogens (tertiary/aromatic N) is 1. The van der Waals surface area contributed by atoms with Crippen molar-refractivity contribution >= 4 is 17.1 Å². The Balaban J connectivity index is 1.90. The molecule has 0 unspecified atom stereocenters. The van der Waals surface area contributed by atoms with Crippen LogP contribution in [0.4, 0.5) is 0 Å². The van der Waals surface area contributed by atoms with Crippen molar-refractivity contribution < 1.29 is 4.79 Å². The molecule has 3 rings (SSSR count). The molecular weight excluding hydrogens is 280 g/mol. The fourth-order valence-corrected chi connectivity index (χ4v) is 3.77. The molecule has 2 aromatic rings. The van der Waals surface area contributed by atoms with Gasteiger partial charge in [-0.05, 0) is 38.4 Å². The molecule has 21 heavy (non-hydrogen) atoms. The minimum atomic E-state index is -0.343. The first-order valence-corrected chi connectivity index (χ1v) is 8.29. The highest BCUT2D eigenvalue weighted by Gasteiger charge is 2.40. The number of nitrogens with one attached hydrogen (secondary N) is 1. The summed E-state index contributed by atoms with van der Waals surface area (Å²) in [5, 5.41) is 6.40. The predicted octanol–water partition coefficient (Wildman–Crippen LogP) is 2.88. The molecule has 2 heterocycles. The van der Waals surface area contributed by atoms with Crippen LogP contribution in [0.15, 0.2) is 35.7 Å². The Morgan fingerprint density at radius 1 is 1.29 bits per heavy atom. The minimum absolute atomic E-state index is 0.306. The van der Waals surface area contributed by atoms with Gasteiger partial charge in [0.2, 0.25) is 0 Å². The van der Waals surface area contributed by atoms with E-state index in [2.05, 4.69) is 22.4 Å². The van der Waals surface area contributed by atoms with Gasteiger partial charge in [0.25, 0.3) is 0 Å². The van der Waals surface area contributed by atoms with E-state index < -0.39 is 0 Å². The number of carbonyl (C=O) groups is 1.